The van der Waals surface area contributed by atoms with Crippen LogP contribution in [-0.2, 0) is 9.59 Å². The molecule has 2 aromatic heterocycles. The van der Waals surface area contributed by atoms with Gasteiger partial charge in [0.2, 0.25) is 5.91 Å². The molecule has 3 heterocycles. The Morgan fingerprint density at radius 1 is 1.19 bits per heavy atom. The summed E-state index contributed by atoms with van der Waals surface area (Å²) in [5.41, 5.74) is 3.78. The normalized spacial score (nSPS) is 15.0. The fourth-order valence-corrected chi connectivity index (χ4v) is 4.33. The second-order valence-corrected chi connectivity index (χ2v) is 8.19. The Balaban J connectivity index is 1.52. The van der Waals surface area contributed by atoms with Gasteiger partial charge >= 0.3 is 0 Å². The van der Waals surface area contributed by atoms with E-state index in [0.717, 1.165) is 45.4 Å². The van der Waals surface area contributed by atoms with Gasteiger partial charge in [0.1, 0.15) is 12.4 Å². The van der Waals surface area contributed by atoms with E-state index in [1.807, 2.05) is 36.6 Å². The van der Waals surface area contributed by atoms with Crippen molar-refractivity contribution in [2.24, 2.45) is 0 Å². The Bertz CT molecular complexity index is 1250. The van der Waals surface area contributed by atoms with Gasteiger partial charge in [-0.2, -0.15) is 0 Å². The molecular formula is C23H19FN4O3S. The third-order valence-corrected chi connectivity index (χ3v) is 5.85. The van der Waals surface area contributed by atoms with E-state index in [4.69, 9.17) is 0 Å². The number of carbonyl (C=O) groups excluding carboxylic acids is 3. The summed E-state index contributed by atoms with van der Waals surface area (Å²) in [6.07, 6.45) is 5.10. The van der Waals surface area contributed by atoms with Gasteiger partial charge < -0.3 is 9.88 Å². The van der Waals surface area contributed by atoms with Gasteiger partial charge in [0.15, 0.2) is 0 Å². The number of benzene rings is 1. The molecule has 1 aliphatic heterocycles. The molecule has 0 radical (unpaired) electrons. The number of nitrogens with one attached hydrogen (secondary N) is 1. The lowest BCUT2D eigenvalue weighted by Gasteiger charge is -2.12. The Morgan fingerprint density at radius 3 is 2.72 bits per heavy atom. The van der Waals surface area contributed by atoms with Gasteiger partial charge in [-0.1, -0.05) is 6.07 Å². The molecule has 3 aromatic rings. The minimum absolute atomic E-state index is 0.236. The van der Waals surface area contributed by atoms with Crippen LogP contribution >= 0.6 is 11.8 Å². The Hall–Kier alpha value is -3.72. The summed E-state index contributed by atoms with van der Waals surface area (Å²) in [5.74, 6) is -1.63. The lowest BCUT2D eigenvalue weighted by molar-refractivity contribution is -0.127. The zero-order valence-corrected chi connectivity index (χ0v) is 18.1. The first-order valence-electron chi connectivity index (χ1n) is 9.73. The summed E-state index contributed by atoms with van der Waals surface area (Å²) in [7, 11) is 0. The second-order valence-electron chi connectivity index (χ2n) is 7.20. The number of aryl methyl sites for hydroxylation is 1. The van der Waals surface area contributed by atoms with Crippen LogP contribution in [0.4, 0.5) is 14.9 Å². The van der Waals surface area contributed by atoms with E-state index >= 15 is 0 Å². The summed E-state index contributed by atoms with van der Waals surface area (Å²) < 4.78 is 15.3. The number of thioether (sulfide) groups is 1. The lowest BCUT2D eigenvalue weighted by Crippen LogP contribution is -2.36. The van der Waals surface area contributed by atoms with E-state index in [2.05, 4.69) is 10.3 Å². The van der Waals surface area contributed by atoms with Gasteiger partial charge in [-0.3, -0.25) is 24.3 Å². The van der Waals surface area contributed by atoms with Crippen LogP contribution in [0.5, 0.6) is 0 Å². The summed E-state index contributed by atoms with van der Waals surface area (Å²) in [6.45, 7) is 3.41. The van der Waals surface area contributed by atoms with Crippen LogP contribution in [0.3, 0.4) is 0 Å². The molecule has 0 spiro atoms. The molecule has 1 aliphatic rings. The number of halogens is 1. The van der Waals surface area contributed by atoms with Gasteiger partial charge in [0.05, 0.1) is 16.8 Å². The van der Waals surface area contributed by atoms with E-state index in [1.165, 1.54) is 18.2 Å². The fraction of sp³-hybridized carbons (Fsp3) is 0.130. The molecule has 0 bridgehead atoms. The first-order valence-corrected chi connectivity index (χ1v) is 10.6. The zero-order chi connectivity index (χ0) is 22.8. The number of aromatic nitrogens is 2. The van der Waals surface area contributed by atoms with Crippen molar-refractivity contribution >= 4 is 40.6 Å². The smallest absolute Gasteiger partial charge is 0.294 e. The third-order valence-electron chi connectivity index (χ3n) is 4.94. The Kier molecular flexibility index (Phi) is 5.91. The summed E-state index contributed by atoms with van der Waals surface area (Å²) >= 11 is 0.784. The highest BCUT2D eigenvalue weighted by Gasteiger charge is 2.36. The molecule has 32 heavy (non-hydrogen) atoms. The first-order chi connectivity index (χ1) is 15.3. The van der Waals surface area contributed by atoms with E-state index in [0.29, 0.717) is 0 Å². The van der Waals surface area contributed by atoms with E-state index in [9.17, 15) is 18.8 Å². The van der Waals surface area contributed by atoms with Crippen LogP contribution in [0.1, 0.15) is 17.0 Å². The molecule has 4 rings (SSSR count). The predicted molar refractivity (Wildman–Crippen MR) is 121 cm³/mol. The Labute approximate surface area is 187 Å². The number of rotatable bonds is 5. The molecule has 1 fully saturated rings. The van der Waals surface area contributed by atoms with Crippen molar-refractivity contribution in [2.45, 2.75) is 13.8 Å². The average molecular weight is 450 g/mol. The maximum atomic E-state index is 13.3. The van der Waals surface area contributed by atoms with Crippen LogP contribution in [0.15, 0.2) is 59.8 Å². The number of carbonyl (C=O) groups is 3. The van der Waals surface area contributed by atoms with Gasteiger partial charge in [0.25, 0.3) is 11.1 Å². The molecule has 0 aliphatic carbocycles. The standard InChI is InChI=1S/C23H19FN4O3S/c1-14-9-16(15(2)28(14)19-7-4-8-25-12-19)10-20-22(30)27(23(31)32-20)13-21(29)26-18-6-3-5-17(24)11-18/h3-12H,13H2,1-2H3,(H,26,29)/b20-10+. The van der Waals surface area contributed by atoms with Crippen molar-refractivity contribution < 1.29 is 18.8 Å². The van der Waals surface area contributed by atoms with Gasteiger partial charge in [-0.15, -0.1) is 0 Å². The monoisotopic (exact) mass is 450 g/mol. The van der Waals surface area contributed by atoms with Crippen molar-refractivity contribution in [3.63, 3.8) is 0 Å². The van der Waals surface area contributed by atoms with E-state index in [1.54, 1.807) is 18.5 Å². The van der Waals surface area contributed by atoms with Crippen molar-refractivity contribution in [1.29, 1.82) is 0 Å². The van der Waals surface area contributed by atoms with Gasteiger partial charge in [-0.05, 0) is 73.6 Å². The topological polar surface area (TPSA) is 84.3 Å². The molecule has 1 aromatic carbocycles. The molecule has 162 valence electrons. The summed E-state index contributed by atoms with van der Waals surface area (Å²) in [5, 5.41) is 1.96. The molecule has 1 saturated heterocycles. The van der Waals surface area contributed by atoms with Crippen LogP contribution in [-0.4, -0.2) is 38.0 Å². The molecular weight excluding hydrogens is 431 g/mol. The highest BCUT2D eigenvalue weighted by molar-refractivity contribution is 8.18. The maximum Gasteiger partial charge on any atom is 0.294 e. The average Bonchev–Trinajstić information content (AvgIpc) is 3.18. The minimum atomic E-state index is -0.589. The number of amides is 3. The van der Waals surface area contributed by atoms with Crippen LogP contribution in [0.25, 0.3) is 11.8 Å². The number of hydrogen-bond acceptors (Lipinski definition) is 5. The number of imide groups is 1. The van der Waals surface area contributed by atoms with E-state index in [-0.39, 0.29) is 10.6 Å². The predicted octanol–water partition coefficient (Wildman–Crippen LogP) is 4.30. The van der Waals surface area contributed by atoms with Crippen LogP contribution < -0.4 is 5.32 Å². The number of pyridine rings is 1. The highest BCUT2D eigenvalue weighted by atomic mass is 32.2. The quantitative estimate of drug-likeness (QED) is 0.586. The van der Waals surface area contributed by atoms with Crippen molar-refractivity contribution in [2.75, 3.05) is 11.9 Å². The molecule has 7 nitrogen and oxygen atoms in total. The van der Waals surface area contributed by atoms with Gasteiger partial charge in [0, 0.05) is 23.3 Å². The summed E-state index contributed by atoms with van der Waals surface area (Å²) in [4.78, 5) is 42.7. The highest BCUT2D eigenvalue weighted by Crippen LogP contribution is 2.33. The maximum absolute atomic E-state index is 13.3. The molecule has 0 unspecified atom stereocenters. The van der Waals surface area contributed by atoms with Gasteiger partial charge in [-0.25, -0.2) is 4.39 Å². The largest absolute Gasteiger partial charge is 0.324 e. The number of hydrogen-bond donors (Lipinski definition) is 1. The van der Waals surface area contributed by atoms with E-state index < -0.39 is 29.4 Å². The van der Waals surface area contributed by atoms with Crippen molar-refractivity contribution in [1.82, 2.24) is 14.5 Å². The SMILES string of the molecule is Cc1cc(/C=C2/SC(=O)N(CC(=O)Nc3cccc(F)c3)C2=O)c(C)n1-c1cccnc1. The summed E-state index contributed by atoms with van der Waals surface area (Å²) in [6, 6.07) is 11.1. The molecule has 0 saturated carbocycles. The fourth-order valence-electron chi connectivity index (χ4n) is 3.50. The number of anilines is 1. The zero-order valence-electron chi connectivity index (χ0n) is 17.3. The lowest BCUT2D eigenvalue weighted by atomic mass is 10.2. The third kappa shape index (κ3) is 4.33. The molecule has 9 heteroatoms. The van der Waals surface area contributed by atoms with Crippen molar-refractivity contribution in [3.05, 3.63) is 82.5 Å². The Morgan fingerprint density at radius 2 is 2.00 bits per heavy atom. The van der Waals surface area contributed by atoms with Crippen molar-refractivity contribution in [3.8, 4) is 5.69 Å². The minimum Gasteiger partial charge on any atom is -0.324 e. The first kappa shape index (κ1) is 21.5. The second kappa shape index (κ2) is 8.80. The number of nitrogens with zero attached hydrogens (tertiary/aromatic N) is 3. The molecule has 0 atom stereocenters. The molecule has 1 N–H and O–H groups in total. The van der Waals surface area contributed by atoms with Crippen LogP contribution in [0, 0.1) is 19.7 Å². The molecule has 3 amide bonds. The van der Waals surface area contributed by atoms with Crippen LogP contribution in [0.2, 0.25) is 0 Å².